The number of aromatic nitrogens is 3. The molecule has 0 N–H and O–H groups in total. The van der Waals surface area contributed by atoms with Gasteiger partial charge in [-0.3, -0.25) is 4.57 Å². The van der Waals surface area contributed by atoms with Crippen molar-refractivity contribution in [3.8, 4) is 17.1 Å². The number of nitrogens with zero attached hydrogens (tertiary/aromatic N) is 3. The fourth-order valence-corrected chi connectivity index (χ4v) is 2.32. The lowest BCUT2D eigenvalue weighted by molar-refractivity contribution is 0.952. The predicted molar refractivity (Wildman–Crippen MR) is 81.1 cm³/mol. The highest BCUT2D eigenvalue weighted by atomic mass is 35.5. The van der Waals surface area contributed by atoms with Crippen LogP contribution in [0.4, 0.5) is 0 Å². The third-order valence-corrected chi connectivity index (χ3v) is 3.41. The van der Waals surface area contributed by atoms with E-state index in [9.17, 15) is 0 Å². The molecule has 2 aromatic carbocycles. The molecule has 0 bridgehead atoms. The minimum Gasteiger partial charge on any atom is -0.278 e. The molecule has 0 atom stereocenters. The molecule has 4 heteroatoms. The second-order valence-corrected chi connectivity index (χ2v) is 4.88. The quantitative estimate of drug-likeness (QED) is 0.681. The maximum absolute atomic E-state index is 5.99. The van der Waals surface area contributed by atoms with Crippen molar-refractivity contribution in [2.45, 2.75) is 12.8 Å². The van der Waals surface area contributed by atoms with Gasteiger partial charge in [0.2, 0.25) is 0 Å². The Morgan fingerprint density at radius 3 is 2.30 bits per heavy atom. The van der Waals surface area contributed by atoms with E-state index in [4.69, 9.17) is 11.6 Å². The molecule has 1 heterocycles. The Kier molecular flexibility index (Phi) is 3.52. The van der Waals surface area contributed by atoms with Crippen LogP contribution in [0.25, 0.3) is 17.1 Å². The Hall–Kier alpha value is -2.13. The minimum absolute atomic E-state index is 0.327. The molecule has 0 aliphatic rings. The van der Waals surface area contributed by atoms with Gasteiger partial charge in [0.25, 0.3) is 0 Å². The highest BCUT2D eigenvalue weighted by molar-refractivity contribution is 6.16. The molecule has 0 spiro atoms. The lowest BCUT2D eigenvalue weighted by Crippen LogP contribution is -2.01. The summed E-state index contributed by atoms with van der Waals surface area (Å²) in [5, 5.41) is 8.48. The van der Waals surface area contributed by atoms with Crippen molar-refractivity contribution >= 4 is 11.6 Å². The zero-order valence-electron chi connectivity index (χ0n) is 11.1. The van der Waals surface area contributed by atoms with Crippen molar-refractivity contribution in [3.05, 3.63) is 66.0 Å². The fraction of sp³-hybridized carbons (Fsp3) is 0.125. The van der Waals surface area contributed by atoms with E-state index in [0.29, 0.717) is 5.88 Å². The largest absolute Gasteiger partial charge is 0.278 e. The smallest absolute Gasteiger partial charge is 0.168 e. The van der Waals surface area contributed by atoms with Gasteiger partial charge < -0.3 is 0 Å². The predicted octanol–water partition coefficient (Wildman–Crippen LogP) is 3.98. The first-order valence-electron chi connectivity index (χ1n) is 6.42. The molecule has 3 rings (SSSR count). The van der Waals surface area contributed by atoms with Crippen LogP contribution >= 0.6 is 11.6 Å². The summed E-state index contributed by atoms with van der Waals surface area (Å²) >= 11 is 5.99. The minimum atomic E-state index is 0.327. The third kappa shape index (κ3) is 2.32. The van der Waals surface area contributed by atoms with E-state index in [2.05, 4.69) is 41.4 Å². The summed E-state index contributed by atoms with van der Waals surface area (Å²) < 4.78 is 2.00. The molecular formula is C16H14ClN3. The highest BCUT2D eigenvalue weighted by Gasteiger charge is 2.14. The van der Waals surface area contributed by atoms with Crippen LogP contribution in [0.5, 0.6) is 0 Å². The van der Waals surface area contributed by atoms with Gasteiger partial charge in [0.05, 0.1) is 5.88 Å². The maximum Gasteiger partial charge on any atom is 0.168 e. The van der Waals surface area contributed by atoms with Gasteiger partial charge in [0.1, 0.15) is 0 Å². The van der Waals surface area contributed by atoms with Gasteiger partial charge in [-0.1, -0.05) is 48.0 Å². The molecule has 0 fully saturated rings. The van der Waals surface area contributed by atoms with Crippen molar-refractivity contribution in [1.29, 1.82) is 0 Å². The normalized spacial score (nSPS) is 10.7. The first kappa shape index (κ1) is 12.9. The monoisotopic (exact) mass is 283 g/mol. The molecule has 3 aromatic rings. The van der Waals surface area contributed by atoms with Gasteiger partial charge in [-0.2, -0.15) is 0 Å². The Morgan fingerprint density at radius 1 is 0.950 bits per heavy atom. The molecule has 0 saturated heterocycles. The lowest BCUT2D eigenvalue weighted by atomic mass is 10.2. The Bertz CT molecular complexity index is 702. The zero-order valence-corrected chi connectivity index (χ0v) is 11.9. The first-order chi connectivity index (χ1) is 9.79. The van der Waals surface area contributed by atoms with Gasteiger partial charge >= 0.3 is 0 Å². The van der Waals surface area contributed by atoms with E-state index in [1.54, 1.807) is 0 Å². The van der Waals surface area contributed by atoms with E-state index in [1.165, 1.54) is 5.56 Å². The number of halogens is 1. The summed E-state index contributed by atoms with van der Waals surface area (Å²) in [6, 6.07) is 18.3. The first-order valence-corrected chi connectivity index (χ1v) is 6.96. The van der Waals surface area contributed by atoms with Crippen LogP contribution in [0.15, 0.2) is 54.6 Å². The molecular weight excluding hydrogens is 270 g/mol. The molecule has 3 nitrogen and oxygen atoms in total. The number of rotatable bonds is 3. The Morgan fingerprint density at radius 2 is 1.65 bits per heavy atom. The summed E-state index contributed by atoms with van der Waals surface area (Å²) in [5.41, 5.74) is 3.27. The average Bonchev–Trinajstić information content (AvgIpc) is 2.93. The number of benzene rings is 2. The number of hydrogen-bond donors (Lipinski definition) is 0. The number of hydrogen-bond acceptors (Lipinski definition) is 2. The topological polar surface area (TPSA) is 30.7 Å². The van der Waals surface area contributed by atoms with E-state index in [1.807, 2.05) is 34.9 Å². The second-order valence-electron chi connectivity index (χ2n) is 4.61. The van der Waals surface area contributed by atoms with Crippen molar-refractivity contribution in [1.82, 2.24) is 14.8 Å². The van der Waals surface area contributed by atoms with Crippen molar-refractivity contribution < 1.29 is 0 Å². The van der Waals surface area contributed by atoms with Crippen LogP contribution in [-0.4, -0.2) is 14.8 Å². The average molecular weight is 284 g/mol. The van der Waals surface area contributed by atoms with E-state index >= 15 is 0 Å². The van der Waals surface area contributed by atoms with E-state index in [-0.39, 0.29) is 0 Å². The SMILES string of the molecule is Cc1ccc(-n2c(CCl)nnc2-c2ccccc2)cc1. The van der Waals surface area contributed by atoms with Crippen LogP contribution in [0, 0.1) is 6.92 Å². The lowest BCUT2D eigenvalue weighted by Gasteiger charge is -2.09. The zero-order chi connectivity index (χ0) is 13.9. The molecule has 0 saturated carbocycles. The molecule has 0 unspecified atom stereocenters. The van der Waals surface area contributed by atoms with Crippen molar-refractivity contribution in [2.75, 3.05) is 0 Å². The third-order valence-electron chi connectivity index (χ3n) is 3.17. The number of alkyl halides is 1. The molecule has 0 amide bonds. The summed E-state index contributed by atoms with van der Waals surface area (Å²) in [5.74, 6) is 1.88. The molecule has 1 aromatic heterocycles. The van der Waals surface area contributed by atoms with Gasteiger partial charge in [0, 0.05) is 11.3 Å². The van der Waals surface area contributed by atoms with Crippen LogP contribution < -0.4 is 0 Å². The van der Waals surface area contributed by atoms with Crippen LogP contribution in [0.3, 0.4) is 0 Å². The summed E-state index contributed by atoms with van der Waals surface area (Å²) in [6.07, 6.45) is 0. The summed E-state index contributed by atoms with van der Waals surface area (Å²) in [6.45, 7) is 2.07. The Labute approximate surface area is 122 Å². The molecule has 0 aliphatic carbocycles. The summed E-state index contributed by atoms with van der Waals surface area (Å²) in [4.78, 5) is 0. The standard InChI is InChI=1S/C16H14ClN3/c1-12-7-9-14(10-8-12)20-15(11-17)18-19-16(20)13-5-3-2-4-6-13/h2-10H,11H2,1H3. The van der Waals surface area contributed by atoms with E-state index < -0.39 is 0 Å². The van der Waals surface area contributed by atoms with Crippen LogP contribution in [-0.2, 0) is 5.88 Å². The van der Waals surface area contributed by atoms with Gasteiger partial charge in [-0.15, -0.1) is 21.8 Å². The summed E-state index contributed by atoms with van der Waals surface area (Å²) in [7, 11) is 0. The fourth-order valence-electron chi connectivity index (χ4n) is 2.14. The Balaban J connectivity index is 2.18. The molecule has 0 aliphatic heterocycles. The van der Waals surface area contributed by atoms with E-state index in [0.717, 1.165) is 22.9 Å². The van der Waals surface area contributed by atoms with Crippen molar-refractivity contribution in [2.24, 2.45) is 0 Å². The van der Waals surface area contributed by atoms with Crippen LogP contribution in [0.2, 0.25) is 0 Å². The molecule has 0 radical (unpaired) electrons. The van der Waals surface area contributed by atoms with Crippen molar-refractivity contribution in [3.63, 3.8) is 0 Å². The van der Waals surface area contributed by atoms with Gasteiger partial charge in [-0.05, 0) is 19.1 Å². The second kappa shape index (κ2) is 5.47. The van der Waals surface area contributed by atoms with Gasteiger partial charge in [0.15, 0.2) is 11.6 Å². The highest BCUT2D eigenvalue weighted by Crippen LogP contribution is 2.23. The van der Waals surface area contributed by atoms with Gasteiger partial charge in [-0.25, -0.2) is 0 Å². The molecule has 100 valence electrons. The molecule has 20 heavy (non-hydrogen) atoms. The maximum atomic E-state index is 5.99. The van der Waals surface area contributed by atoms with Crippen LogP contribution in [0.1, 0.15) is 11.4 Å². The number of aryl methyl sites for hydroxylation is 1.